The zero-order chi connectivity index (χ0) is 14.4. The largest absolute Gasteiger partial charge is 0.497 e. The van der Waals surface area contributed by atoms with Gasteiger partial charge in [0.05, 0.1) is 13.7 Å². The summed E-state index contributed by atoms with van der Waals surface area (Å²) in [4.78, 5) is 13.6. The number of hydrogen-bond acceptors (Lipinski definition) is 3. The number of likely N-dealkylation sites (N-methyl/N-ethyl adjacent to an activating group) is 1. The summed E-state index contributed by atoms with van der Waals surface area (Å²) in [5, 5.41) is 2.88. The van der Waals surface area contributed by atoms with Crippen LogP contribution in [0.15, 0.2) is 22.7 Å². The lowest BCUT2D eigenvalue weighted by Gasteiger charge is -2.18. The van der Waals surface area contributed by atoms with Crippen molar-refractivity contribution in [2.45, 2.75) is 26.4 Å². The van der Waals surface area contributed by atoms with Gasteiger partial charge in [0, 0.05) is 17.1 Å². The molecular weight excluding hydrogens is 308 g/mol. The average molecular weight is 329 g/mol. The number of nitrogens with zero attached hydrogens (tertiary/aromatic N) is 1. The van der Waals surface area contributed by atoms with E-state index in [0.717, 1.165) is 15.8 Å². The topological polar surface area (TPSA) is 41.6 Å². The molecule has 0 radical (unpaired) electrons. The van der Waals surface area contributed by atoms with E-state index in [9.17, 15) is 4.79 Å². The second-order valence-corrected chi connectivity index (χ2v) is 5.71. The minimum Gasteiger partial charge on any atom is -0.497 e. The van der Waals surface area contributed by atoms with Crippen LogP contribution in [0.1, 0.15) is 19.4 Å². The Morgan fingerprint density at radius 2 is 2.16 bits per heavy atom. The summed E-state index contributed by atoms with van der Waals surface area (Å²) in [6.45, 7) is 4.97. The zero-order valence-electron chi connectivity index (χ0n) is 11.9. The van der Waals surface area contributed by atoms with Crippen LogP contribution in [0.25, 0.3) is 0 Å². The lowest BCUT2D eigenvalue weighted by atomic mass is 10.2. The van der Waals surface area contributed by atoms with Crippen LogP contribution in [-0.2, 0) is 11.3 Å². The Morgan fingerprint density at radius 3 is 2.74 bits per heavy atom. The van der Waals surface area contributed by atoms with E-state index < -0.39 is 0 Å². The van der Waals surface area contributed by atoms with Gasteiger partial charge in [-0.05, 0) is 44.7 Å². The molecule has 0 aliphatic carbocycles. The van der Waals surface area contributed by atoms with Gasteiger partial charge < -0.3 is 10.1 Å². The third-order valence-corrected chi connectivity index (χ3v) is 3.33. The van der Waals surface area contributed by atoms with Crippen molar-refractivity contribution in [3.8, 4) is 5.75 Å². The molecule has 0 aliphatic heterocycles. The van der Waals surface area contributed by atoms with Crippen LogP contribution in [0.4, 0.5) is 0 Å². The monoisotopic (exact) mass is 328 g/mol. The van der Waals surface area contributed by atoms with Gasteiger partial charge in [0.15, 0.2) is 0 Å². The lowest BCUT2D eigenvalue weighted by Crippen LogP contribution is -2.38. The Hall–Kier alpha value is -1.07. The van der Waals surface area contributed by atoms with E-state index in [-0.39, 0.29) is 11.9 Å². The fourth-order valence-electron chi connectivity index (χ4n) is 1.76. The van der Waals surface area contributed by atoms with E-state index >= 15 is 0 Å². The summed E-state index contributed by atoms with van der Waals surface area (Å²) in [5.74, 6) is 0.856. The molecular formula is C14H21BrN2O2. The minimum atomic E-state index is 0.0384. The molecule has 1 N–H and O–H groups in total. The van der Waals surface area contributed by atoms with Crippen molar-refractivity contribution in [2.75, 3.05) is 20.7 Å². The predicted octanol–water partition coefficient (Wildman–Crippen LogP) is 2.41. The smallest absolute Gasteiger partial charge is 0.234 e. The van der Waals surface area contributed by atoms with Crippen molar-refractivity contribution >= 4 is 21.8 Å². The second-order valence-electron chi connectivity index (χ2n) is 4.85. The second kappa shape index (κ2) is 7.50. The molecule has 1 aromatic rings. The molecule has 4 nitrogen and oxygen atoms in total. The predicted molar refractivity (Wildman–Crippen MR) is 80.3 cm³/mol. The maximum atomic E-state index is 11.7. The quantitative estimate of drug-likeness (QED) is 0.871. The first-order valence-corrected chi connectivity index (χ1v) is 7.02. The molecule has 19 heavy (non-hydrogen) atoms. The first-order chi connectivity index (χ1) is 8.92. The van der Waals surface area contributed by atoms with Crippen molar-refractivity contribution in [3.05, 3.63) is 28.2 Å². The normalized spacial score (nSPS) is 10.9. The van der Waals surface area contributed by atoms with Gasteiger partial charge in [-0.25, -0.2) is 0 Å². The molecule has 106 valence electrons. The molecule has 0 aliphatic rings. The molecule has 0 fully saturated rings. The van der Waals surface area contributed by atoms with Crippen LogP contribution in [-0.4, -0.2) is 37.6 Å². The first-order valence-electron chi connectivity index (χ1n) is 6.22. The molecule has 0 aromatic heterocycles. The molecule has 5 heteroatoms. The SMILES string of the molecule is COc1ccc(Br)c(CN(C)CC(=O)NC(C)C)c1. The highest BCUT2D eigenvalue weighted by molar-refractivity contribution is 9.10. The summed E-state index contributed by atoms with van der Waals surface area (Å²) in [7, 11) is 3.57. The number of methoxy groups -OCH3 is 1. The zero-order valence-corrected chi connectivity index (χ0v) is 13.5. The fourth-order valence-corrected chi connectivity index (χ4v) is 2.13. The average Bonchev–Trinajstić information content (AvgIpc) is 2.30. The number of amides is 1. The number of benzene rings is 1. The highest BCUT2D eigenvalue weighted by atomic mass is 79.9. The maximum Gasteiger partial charge on any atom is 0.234 e. The Balaban J connectivity index is 2.61. The van der Waals surface area contributed by atoms with Crippen molar-refractivity contribution in [3.63, 3.8) is 0 Å². The van der Waals surface area contributed by atoms with E-state index in [2.05, 4.69) is 21.2 Å². The number of rotatable bonds is 6. The highest BCUT2D eigenvalue weighted by Crippen LogP contribution is 2.23. The third kappa shape index (κ3) is 5.61. The highest BCUT2D eigenvalue weighted by Gasteiger charge is 2.10. The van der Waals surface area contributed by atoms with E-state index in [1.165, 1.54) is 0 Å². The van der Waals surface area contributed by atoms with E-state index in [1.807, 2.05) is 44.0 Å². The van der Waals surface area contributed by atoms with Gasteiger partial charge in [-0.15, -0.1) is 0 Å². The fraction of sp³-hybridized carbons (Fsp3) is 0.500. The summed E-state index contributed by atoms with van der Waals surface area (Å²) in [5.41, 5.74) is 1.10. The van der Waals surface area contributed by atoms with Gasteiger partial charge in [-0.2, -0.15) is 0 Å². The van der Waals surface area contributed by atoms with Gasteiger partial charge in [0.25, 0.3) is 0 Å². The van der Waals surface area contributed by atoms with Crippen LogP contribution in [0.3, 0.4) is 0 Å². The Kier molecular flexibility index (Phi) is 6.31. The molecule has 0 spiro atoms. The molecule has 0 saturated heterocycles. The molecule has 1 aromatic carbocycles. The van der Waals surface area contributed by atoms with E-state index in [4.69, 9.17) is 4.74 Å². The number of carbonyl (C=O) groups excluding carboxylic acids is 1. The summed E-state index contributed by atoms with van der Waals surface area (Å²) in [6, 6.07) is 6.00. The van der Waals surface area contributed by atoms with Crippen LogP contribution < -0.4 is 10.1 Å². The van der Waals surface area contributed by atoms with Crippen LogP contribution in [0.5, 0.6) is 5.75 Å². The standard InChI is InChI=1S/C14H21BrN2O2/c1-10(2)16-14(18)9-17(3)8-11-7-12(19-4)5-6-13(11)15/h5-7,10H,8-9H2,1-4H3,(H,16,18). The van der Waals surface area contributed by atoms with Crippen molar-refractivity contribution in [1.29, 1.82) is 0 Å². The number of ether oxygens (including phenoxy) is 1. The molecule has 0 atom stereocenters. The summed E-state index contributed by atoms with van der Waals surface area (Å²) < 4.78 is 6.22. The van der Waals surface area contributed by atoms with Crippen molar-refractivity contribution < 1.29 is 9.53 Å². The Morgan fingerprint density at radius 1 is 1.47 bits per heavy atom. The third-order valence-electron chi connectivity index (χ3n) is 2.56. The summed E-state index contributed by atoms with van der Waals surface area (Å²) >= 11 is 3.51. The van der Waals surface area contributed by atoms with Crippen molar-refractivity contribution in [2.24, 2.45) is 0 Å². The number of hydrogen-bond donors (Lipinski definition) is 1. The lowest BCUT2D eigenvalue weighted by molar-refractivity contribution is -0.122. The number of nitrogens with one attached hydrogen (secondary N) is 1. The Labute approximate surface area is 123 Å². The van der Waals surface area contributed by atoms with Crippen LogP contribution in [0, 0.1) is 0 Å². The molecule has 1 amide bonds. The van der Waals surface area contributed by atoms with E-state index in [1.54, 1.807) is 7.11 Å². The molecule has 0 unspecified atom stereocenters. The number of carbonyl (C=O) groups is 1. The van der Waals surface area contributed by atoms with Crippen molar-refractivity contribution in [1.82, 2.24) is 10.2 Å². The van der Waals surface area contributed by atoms with Gasteiger partial charge in [-0.1, -0.05) is 15.9 Å². The van der Waals surface area contributed by atoms with Gasteiger partial charge >= 0.3 is 0 Å². The van der Waals surface area contributed by atoms with E-state index in [0.29, 0.717) is 13.1 Å². The minimum absolute atomic E-state index is 0.0384. The molecule has 0 saturated carbocycles. The molecule has 0 bridgehead atoms. The molecule has 1 rings (SSSR count). The van der Waals surface area contributed by atoms with Gasteiger partial charge in [0.2, 0.25) is 5.91 Å². The maximum absolute atomic E-state index is 11.7. The van der Waals surface area contributed by atoms with Gasteiger partial charge in [-0.3, -0.25) is 9.69 Å². The number of halogens is 1. The molecule has 0 heterocycles. The van der Waals surface area contributed by atoms with Crippen LogP contribution >= 0.6 is 15.9 Å². The Bertz CT molecular complexity index is 435. The summed E-state index contributed by atoms with van der Waals surface area (Å²) in [6.07, 6.45) is 0. The first kappa shape index (κ1) is 16.0. The van der Waals surface area contributed by atoms with Crippen LogP contribution in [0.2, 0.25) is 0 Å². The van der Waals surface area contributed by atoms with Gasteiger partial charge in [0.1, 0.15) is 5.75 Å².